The Labute approximate surface area is 191 Å². The second-order valence-corrected chi connectivity index (χ2v) is 15.2. The Bertz CT molecular complexity index is 962. The molecule has 31 heavy (non-hydrogen) atoms. The van der Waals surface area contributed by atoms with Crippen molar-refractivity contribution in [2.45, 2.75) is 31.6 Å². The lowest BCUT2D eigenvalue weighted by molar-refractivity contribution is 0.0697. The molecule has 0 aliphatic carbocycles. The fourth-order valence-electron chi connectivity index (χ4n) is 4.81. The van der Waals surface area contributed by atoms with Crippen molar-refractivity contribution in [3.05, 3.63) is 70.3 Å². The van der Waals surface area contributed by atoms with Gasteiger partial charge in [0.2, 0.25) is 0 Å². The van der Waals surface area contributed by atoms with Gasteiger partial charge in [0.05, 0.1) is 13.6 Å². The summed E-state index contributed by atoms with van der Waals surface area (Å²) in [5.74, 6) is -0.875. The molecule has 1 N–H and O–H groups in total. The first-order valence-corrected chi connectivity index (χ1v) is 14.9. The quantitative estimate of drug-likeness (QED) is 0.586. The molecule has 164 valence electrons. The maximum absolute atomic E-state index is 11.1. The highest BCUT2D eigenvalue weighted by Crippen LogP contribution is 2.39. The molecule has 0 unspecified atom stereocenters. The van der Waals surface area contributed by atoms with Crippen LogP contribution in [-0.4, -0.2) is 56.8 Å². The van der Waals surface area contributed by atoms with Crippen molar-refractivity contribution in [1.82, 2.24) is 4.90 Å². The summed E-state index contributed by atoms with van der Waals surface area (Å²) >= 11 is 6.13. The van der Waals surface area contributed by atoms with Crippen LogP contribution in [0.1, 0.15) is 22.3 Å². The van der Waals surface area contributed by atoms with E-state index < -0.39 is 14.0 Å². The third-order valence-electron chi connectivity index (χ3n) is 6.63. The molecule has 0 atom stereocenters. The Balaban J connectivity index is 1.45. The summed E-state index contributed by atoms with van der Waals surface area (Å²) in [6.45, 7) is 10.1. The molecule has 2 aliphatic rings. The summed E-state index contributed by atoms with van der Waals surface area (Å²) in [6, 6.07) is 18.2. The molecule has 0 aromatic heterocycles. The molecule has 4 nitrogen and oxygen atoms in total. The van der Waals surface area contributed by atoms with Gasteiger partial charge in [0.15, 0.2) is 0 Å². The smallest absolute Gasteiger partial charge is 0.335 e. The SMILES string of the molecule is C[Si]1(C)CCC(c2ccc(Cl)cc2)=C(CN2CCN(c3ccc(C(=O)O)cc3)CC2)C1. The van der Waals surface area contributed by atoms with Crippen molar-refractivity contribution in [1.29, 1.82) is 0 Å². The topological polar surface area (TPSA) is 43.8 Å². The molecular formula is C25H31ClN2O2Si. The lowest BCUT2D eigenvalue weighted by atomic mass is 9.97. The van der Waals surface area contributed by atoms with E-state index in [1.807, 2.05) is 24.3 Å². The van der Waals surface area contributed by atoms with E-state index in [1.54, 1.807) is 17.7 Å². The van der Waals surface area contributed by atoms with Crippen molar-refractivity contribution in [3.63, 3.8) is 0 Å². The predicted octanol–water partition coefficient (Wildman–Crippen LogP) is 5.73. The van der Waals surface area contributed by atoms with E-state index in [-0.39, 0.29) is 0 Å². The first-order valence-electron chi connectivity index (χ1n) is 11.1. The third-order valence-corrected chi connectivity index (χ3v) is 9.87. The van der Waals surface area contributed by atoms with E-state index in [4.69, 9.17) is 16.7 Å². The zero-order valence-electron chi connectivity index (χ0n) is 18.4. The summed E-state index contributed by atoms with van der Waals surface area (Å²) in [5, 5.41) is 9.90. The van der Waals surface area contributed by atoms with Crippen molar-refractivity contribution < 1.29 is 9.90 Å². The molecule has 0 amide bonds. The van der Waals surface area contributed by atoms with Gasteiger partial charge in [0.25, 0.3) is 0 Å². The number of halogens is 1. The number of allylic oxidation sites excluding steroid dienone is 1. The molecule has 6 heteroatoms. The highest BCUT2D eigenvalue weighted by molar-refractivity contribution is 6.78. The van der Waals surface area contributed by atoms with Crippen molar-refractivity contribution in [3.8, 4) is 0 Å². The monoisotopic (exact) mass is 454 g/mol. The summed E-state index contributed by atoms with van der Waals surface area (Å²) in [4.78, 5) is 16.0. The normalized spacial score (nSPS) is 19.5. The van der Waals surface area contributed by atoms with Crippen molar-refractivity contribution in [2.24, 2.45) is 0 Å². The number of carboxylic acid groups (broad SMARTS) is 1. The first-order chi connectivity index (χ1) is 14.8. The average molecular weight is 455 g/mol. The van der Waals surface area contributed by atoms with Crippen LogP contribution in [0.3, 0.4) is 0 Å². The van der Waals surface area contributed by atoms with Gasteiger partial charge in [0, 0.05) is 43.4 Å². The van der Waals surface area contributed by atoms with E-state index in [2.05, 4.69) is 35.0 Å². The van der Waals surface area contributed by atoms with Gasteiger partial charge in [0.1, 0.15) is 0 Å². The van der Waals surface area contributed by atoms with Crippen LogP contribution in [0.4, 0.5) is 5.69 Å². The zero-order valence-corrected chi connectivity index (χ0v) is 20.2. The number of carboxylic acids is 1. The molecule has 2 heterocycles. The minimum atomic E-state index is -1.17. The van der Waals surface area contributed by atoms with Crippen LogP contribution in [0.5, 0.6) is 0 Å². The number of rotatable bonds is 5. The number of carbonyl (C=O) groups is 1. The maximum atomic E-state index is 11.1. The van der Waals surface area contributed by atoms with E-state index in [0.29, 0.717) is 5.56 Å². The van der Waals surface area contributed by atoms with Gasteiger partial charge < -0.3 is 10.0 Å². The molecule has 1 saturated heterocycles. The van der Waals surface area contributed by atoms with Crippen LogP contribution in [0.25, 0.3) is 5.57 Å². The minimum Gasteiger partial charge on any atom is -0.478 e. The maximum Gasteiger partial charge on any atom is 0.335 e. The number of hydrogen-bond acceptors (Lipinski definition) is 3. The van der Waals surface area contributed by atoms with Crippen LogP contribution >= 0.6 is 11.6 Å². The highest BCUT2D eigenvalue weighted by Gasteiger charge is 2.30. The summed E-state index contributed by atoms with van der Waals surface area (Å²) in [6.07, 6.45) is 1.19. The number of piperazine rings is 1. The number of aromatic carboxylic acids is 1. The van der Waals surface area contributed by atoms with Gasteiger partial charge in [-0.1, -0.05) is 48.4 Å². The summed E-state index contributed by atoms with van der Waals surface area (Å²) in [7, 11) is -1.17. The molecule has 1 fully saturated rings. The van der Waals surface area contributed by atoms with Crippen molar-refractivity contribution >= 4 is 36.9 Å². The first kappa shape index (κ1) is 22.1. The summed E-state index contributed by atoms with van der Waals surface area (Å²) in [5.41, 5.74) is 5.95. The lowest BCUT2D eigenvalue weighted by Gasteiger charge is -2.39. The van der Waals surface area contributed by atoms with Crippen LogP contribution in [0.15, 0.2) is 54.1 Å². The molecule has 2 aromatic rings. The number of hydrogen-bond donors (Lipinski definition) is 1. The van der Waals surface area contributed by atoms with Crippen LogP contribution < -0.4 is 4.90 Å². The second-order valence-electron chi connectivity index (χ2n) is 9.55. The molecule has 2 aliphatic heterocycles. The van der Waals surface area contributed by atoms with Gasteiger partial charge in [-0.2, -0.15) is 0 Å². The zero-order chi connectivity index (χ0) is 22.0. The van der Waals surface area contributed by atoms with E-state index >= 15 is 0 Å². The minimum absolute atomic E-state index is 0.341. The molecule has 2 aromatic carbocycles. The van der Waals surface area contributed by atoms with Gasteiger partial charge in [-0.15, -0.1) is 0 Å². The van der Waals surface area contributed by atoms with E-state index in [1.165, 1.54) is 29.6 Å². The average Bonchev–Trinajstić information content (AvgIpc) is 2.75. The number of benzene rings is 2. The van der Waals surface area contributed by atoms with Crippen LogP contribution in [0, 0.1) is 0 Å². The summed E-state index contributed by atoms with van der Waals surface area (Å²) < 4.78 is 0. The Morgan fingerprint density at radius 3 is 2.26 bits per heavy atom. The van der Waals surface area contributed by atoms with Crippen LogP contribution in [-0.2, 0) is 0 Å². The standard InChI is InChI=1S/C25H31ClN2O2Si/c1-31(2)16-11-24(19-3-7-22(26)8-4-19)21(18-31)17-27-12-14-28(15-13-27)23-9-5-20(6-10-23)25(29)30/h3-10H,11-18H2,1-2H3,(H,29,30). The van der Waals surface area contributed by atoms with E-state index in [0.717, 1.165) is 43.4 Å². The fraction of sp³-hybridized carbons (Fsp3) is 0.400. The third kappa shape index (κ3) is 5.40. The lowest BCUT2D eigenvalue weighted by Crippen LogP contribution is -2.47. The number of nitrogens with zero attached hydrogens (tertiary/aromatic N) is 2. The van der Waals surface area contributed by atoms with Crippen LogP contribution in [0.2, 0.25) is 30.2 Å². The number of anilines is 1. The molecular weight excluding hydrogens is 424 g/mol. The Hall–Kier alpha value is -2.08. The molecule has 0 bridgehead atoms. The molecule has 0 saturated carbocycles. The molecule has 4 rings (SSSR count). The Morgan fingerprint density at radius 2 is 1.65 bits per heavy atom. The second kappa shape index (κ2) is 9.19. The molecule has 0 radical (unpaired) electrons. The van der Waals surface area contributed by atoms with Gasteiger partial charge in [-0.25, -0.2) is 4.79 Å². The van der Waals surface area contributed by atoms with Gasteiger partial charge in [-0.3, -0.25) is 4.90 Å². The van der Waals surface area contributed by atoms with Crippen molar-refractivity contribution in [2.75, 3.05) is 37.6 Å². The molecule has 0 spiro atoms. The largest absolute Gasteiger partial charge is 0.478 e. The van der Waals surface area contributed by atoms with E-state index in [9.17, 15) is 4.79 Å². The Morgan fingerprint density at radius 1 is 1.00 bits per heavy atom. The highest BCUT2D eigenvalue weighted by atomic mass is 35.5. The fourth-order valence-corrected chi connectivity index (χ4v) is 7.52. The van der Waals surface area contributed by atoms with Gasteiger partial charge in [-0.05, 0) is 60.0 Å². The van der Waals surface area contributed by atoms with Gasteiger partial charge >= 0.3 is 5.97 Å². The Kier molecular flexibility index (Phi) is 6.56. The predicted molar refractivity (Wildman–Crippen MR) is 132 cm³/mol.